The van der Waals surface area contributed by atoms with Crippen molar-refractivity contribution in [1.82, 2.24) is 5.06 Å². The minimum Gasteiger partial charge on any atom is -0.493 e. The molecule has 2 aliphatic heterocycles. The number of hydroxylamine groups is 2. The third kappa shape index (κ3) is 2.31. The average molecular weight is 301 g/mol. The molecule has 1 aromatic carbocycles. The van der Waals surface area contributed by atoms with Crippen LogP contribution in [0.25, 0.3) is 0 Å². The van der Waals surface area contributed by atoms with E-state index in [-0.39, 0.29) is 23.8 Å². The number of allylic oxidation sites excluding steroid dienone is 1. The van der Waals surface area contributed by atoms with Gasteiger partial charge in [0.25, 0.3) is 0 Å². The SMILES string of the molecule is C=CC[C@H](C)C(=O)N1OC(C)(C)[C@@H]2COc3ccccc3[C@@H]21. The number of carbonyl (C=O) groups excluding carboxylic acids is 1. The van der Waals surface area contributed by atoms with Crippen molar-refractivity contribution in [1.29, 1.82) is 0 Å². The van der Waals surface area contributed by atoms with E-state index in [0.717, 1.165) is 11.3 Å². The van der Waals surface area contributed by atoms with Crippen molar-refractivity contribution in [2.75, 3.05) is 6.61 Å². The van der Waals surface area contributed by atoms with Crippen molar-refractivity contribution in [2.45, 2.75) is 38.8 Å². The smallest absolute Gasteiger partial charge is 0.249 e. The molecule has 1 fully saturated rings. The topological polar surface area (TPSA) is 38.8 Å². The first-order valence-electron chi connectivity index (χ1n) is 7.80. The van der Waals surface area contributed by atoms with Gasteiger partial charge in [0.15, 0.2) is 0 Å². The van der Waals surface area contributed by atoms with E-state index in [1.165, 1.54) is 0 Å². The Bertz CT molecular complexity index is 596. The summed E-state index contributed by atoms with van der Waals surface area (Å²) in [5, 5.41) is 1.58. The number of carbonyl (C=O) groups is 1. The number of amides is 1. The van der Waals surface area contributed by atoms with E-state index in [9.17, 15) is 4.79 Å². The summed E-state index contributed by atoms with van der Waals surface area (Å²) in [5.74, 6) is 0.848. The maximum Gasteiger partial charge on any atom is 0.249 e. The number of ether oxygens (including phenoxy) is 1. The standard InChI is InChI=1S/C18H23NO3/c1-5-8-12(2)17(20)19-16-13-9-6-7-10-15(13)21-11-14(16)18(3,4)22-19/h5-7,9-10,12,14,16H,1,8,11H2,2-4H3/t12-,14+,16-/m0/s1. The zero-order valence-corrected chi connectivity index (χ0v) is 13.4. The van der Waals surface area contributed by atoms with E-state index in [0.29, 0.717) is 13.0 Å². The predicted molar refractivity (Wildman–Crippen MR) is 84.2 cm³/mol. The van der Waals surface area contributed by atoms with Gasteiger partial charge in [-0.05, 0) is 26.3 Å². The fourth-order valence-corrected chi connectivity index (χ4v) is 3.34. The highest BCUT2D eigenvalue weighted by atomic mass is 16.7. The lowest BCUT2D eigenvalue weighted by molar-refractivity contribution is -0.208. The summed E-state index contributed by atoms with van der Waals surface area (Å²) in [5.41, 5.74) is 0.602. The minimum absolute atomic E-state index is 0.0113. The summed E-state index contributed by atoms with van der Waals surface area (Å²) >= 11 is 0. The van der Waals surface area contributed by atoms with Crippen LogP contribution in [0.5, 0.6) is 5.75 Å². The van der Waals surface area contributed by atoms with Crippen LogP contribution in [-0.4, -0.2) is 23.2 Å². The van der Waals surface area contributed by atoms with Gasteiger partial charge >= 0.3 is 0 Å². The molecule has 3 rings (SSSR count). The molecule has 4 heteroatoms. The van der Waals surface area contributed by atoms with Gasteiger partial charge in [-0.25, -0.2) is 5.06 Å². The molecular formula is C18H23NO3. The van der Waals surface area contributed by atoms with Crippen LogP contribution in [0.3, 0.4) is 0 Å². The third-order valence-electron chi connectivity index (χ3n) is 4.68. The first kappa shape index (κ1) is 15.1. The molecule has 0 spiro atoms. The van der Waals surface area contributed by atoms with Crippen LogP contribution in [0.1, 0.15) is 38.8 Å². The van der Waals surface area contributed by atoms with Gasteiger partial charge in [-0.2, -0.15) is 0 Å². The molecule has 0 saturated carbocycles. The molecule has 0 aliphatic carbocycles. The zero-order valence-electron chi connectivity index (χ0n) is 13.4. The first-order valence-corrected chi connectivity index (χ1v) is 7.80. The van der Waals surface area contributed by atoms with Gasteiger partial charge in [0, 0.05) is 11.5 Å². The lowest BCUT2D eigenvalue weighted by atomic mass is 9.81. The Morgan fingerprint density at radius 1 is 1.50 bits per heavy atom. The fraction of sp³-hybridized carbons (Fsp3) is 0.500. The van der Waals surface area contributed by atoms with Gasteiger partial charge in [-0.1, -0.05) is 31.2 Å². The van der Waals surface area contributed by atoms with E-state index in [1.54, 1.807) is 11.1 Å². The number of hydrogen-bond donors (Lipinski definition) is 0. The minimum atomic E-state index is -0.429. The van der Waals surface area contributed by atoms with Gasteiger partial charge in [0.2, 0.25) is 5.91 Å². The van der Waals surface area contributed by atoms with Crippen LogP contribution >= 0.6 is 0 Å². The fourth-order valence-electron chi connectivity index (χ4n) is 3.34. The van der Waals surface area contributed by atoms with Gasteiger partial charge in [-0.15, -0.1) is 6.58 Å². The number of para-hydroxylation sites is 1. The summed E-state index contributed by atoms with van der Waals surface area (Å²) in [4.78, 5) is 18.9. The molecule has 0 unspecified atom stereocenters. The molecule has 3 atom stereocenters. The normalized spacial score (nSPS) is 26.6. The van der Waals surface area contributed by atoms with Gasteiger partial charge in [0.1, 0.15) is 5.75 Å². The highest BCUT2D eigenvalue weighted by molar-refractivity contribution is 5.78. The summed E-state index contributed by atoms with van der Waals surface area (Å²) in [6, 6.07) is 7.82. The number of benzene rings is 1. The highest BCUT2D eigenvalue weighted by Gasteiger charge is 2.54. The second kappa shape index (κ2) is 5.43. The Hall–Kier alpha value is -1.81. The molecule has 1 saturated heterocycles. The van der Waals surface area contributed by atoms with Crippen LogP contribution in [-0.2, 0) is 9.63 Å². The quantitative estimate of drug-likeness (QED) is 0.802. The Morgan fingerprint density at radius 2 is 2.23 bits per heavy atom. The van der Waals surface area contributed by atoms with Gasteiger partial charge in [-0.3, -0.25) is 9.63 Å². The second-order valence-electron chi connectivity index (χ2n) is 6.68. The number of fused-ring (bicyclic) bond motifs is 3. The lowest BCUT2D eigenvalue weighted by Gasteiger charge is -2.33. The average Bonchev–Trinajstić information content (AvgIpc) is 2.78. The lowest BCUT2D eigenvalue weighted by Crippen LogP contribution is -2.38. The Balaban J connectivity index is 1.99. The van der Waals surface area contributed by atoms with Crippen LogP contribution in [0.4, 0.5) is 0 Å². The van der Waals surface area contributed by atoms with E-state index < -0.39 is 5.60 Å². The zero-order chi connectivity index (χ0) is 15.9. The van der Waals surface area contributed by atoms with E-state index in [4.69, 9.17) is 9.57 Å². The molecule has 1 amide bonds. The molecule has 22 heavy (non-hydrogen) atoms. The highest BCUT2D eigenvalue weighted by Crippen LogP contribution is 2.50. The van der Waals surface area contributed by atoms with Crippen LogP contribution in [0, 0.1) is 11.8 Å². The largest absolute Gasteiger partial charge is 0.493 e. The summed E-state index contributed by atoms with van der Waals surface area (Å²) < 4.78 is 5.87. The van der Waals surface area contributed by atoms with Crippen molar-refractivity contribution in [3.63, 3.8) is 0 Å². The summed E-state index contributed by atoms with van der Waals surface area (Å²) in [6.45, 7) is 10.2. The van der Waals surface area contributed by atoms with E-state index in [2.05, 4.69) is 6.58 Å². The Morgan fingerprint density at radius 3 is 2.95 bits per heavy atom. The molecule has 0 aromatic heterocycles. The summed E-state index contributed by atoms with van der Waals surface area (Å²) in [6.07, 6.45) is 2.42. The number of rotatable bonds is 3. The second-order valence-corrected chi connectivity index (χ2v) is 6.68. The molecule has 0 bridgehead atoms. The molecule has 118 valence electrons. The number of nitrogens with zero attached hydrogens (tertiary/aromatic N) is 1. The van der Waals surface area contributed by atoms with Crippen LogP contribution in [0.2, 0.25) is 0 Å². The molecule has 2 heterocycles. The van der Waals surface area contributed by atoms with Gasteiger partial charge in [0.05, 0.1) is 24.2 Å². The molecule has 0 N–H and O–H groups in total. The van der Waals surface area contributed by atoms with Crippen molar-refractivity contribution in [2.24, 2.45) is 11.8 Å². The molecule has 4 nitrogen and oxygen atoms in total. The van der Waals surface area contributed by atoms with E-state index >= 15 is 0 Å². The monoisotopic (exact) mass is 301 g/mol. The predicted octanol–water partition coefficient (Wildman–Crippen LogP) is 3.50. The molecule has 2 aliphatic rings. The van der Waals surface area contributed by atoms with Crippen LogP contribution < -0.4 is 4.74 Å². The molecule has 0 radical (unpaired) electrons. The maximum atomic E-state index is 12.8. The van der Waals surface area contributed by atoms with Crippen LogP contribution in [0.15, 0.2) is 36.9 Å². The Labute approximate surface area is 131 Å². The maximum absolute atomic E-state index is 12.8. The number of hydrogen-bond acceptors (Lipinski definition) is 3. The van der Waals surface area contributed by atoms with Gasteiger partial charge < -0.3 is 4.74 Å². The third-order valence-corrected chi connectivity index (χ3v) is 4.68. The molecule has 1 aromatic rings. The summed E-state index contributed by atoms with van der Waals surface area (Å²) in [7, 11) is 0. The molecular weight excluding hydrogens is 278 g/mol. The van der Waals surface area contributed by atoms with E-state index in [1.807, 2.05) is 45.0 Å². The Kier molecular flexibility index (Phi) is 3.73. The van der Waals surface area contributed by atoms with Crippen molar-refractivity contribution in [3.8, 4) is 5.75 Å². The van der Waals surface area contributed by atoms with Crippen molar-refractivity contribution < 1.29 is 14.4 Å². The first-order chi connectivity index (χ1) is 10.5. The van der Waals surface area contributed by atoms with Crippen molar-refractivity contribution in [3.05, 3.63) is 42.5 Å². The van der Waals surface area contributed by atoms with Crippen molar-refractivity contribution >= 4 is 5.91 Å².